The second-order valence-electron chi connectivity index (χ2n) is 4.96. The van der Waals surface area contributed by atoms with E-state index in [2.05, 4.69) is 22.2 Å². The molecule has 0 aliphatic carbocycles. The number of nitrogen functional groups attached to an aromatic ring is 1. The molecule has 2 aromatic rings. The molecule has 1 aromatic carbocycles. The van der Waals surface area contributed by atoms with Crippen LogP contribution in [0, 0.1) is 6.92 Å². The van der Waals surface area contributed by atoms with Crippen LogP contribution in [0.5, 0.6) is 0 Å². The van der Waals surface area contributed by atoms with Gasteiger partial charge in [0.25, 0.3) is 5.91 Å². The molecule has 1 aromatic heterocycles. The lowest BCUT2D eigenvalue weighted by Crippen LogP contribution is -2.26. The van der Waals surface area contributed by atoms with Crippen molar-refractivity contribution in [3.8, 4) is 11.3 Å². The van der Waals surface area contributed by atoms with E-state index in [-0.39, 0.29) is 17.4 Å². The molecule has 21 heavy (non-hydrogen) atoms. The molecular formula is C16H20N4O. The van der Waals surface area contributed by atoms with E-state index in [0.29, 0.717) is 12.2 Å². The van der Waals surface area contributed by atoms with Gasteiger partial charge in [-0.25, -0.2) is 9.97 Å². The summed E-state index contributed by atoms with van der Waals surface area (Å²) in [4.78, 5) is 20.5. The average Bonchev–Trinajstić information content (AvgIpc) is 2.49. The maximum atomic E-state index is 12.1. The molecule has 0 aliphatic heterocycles. The smallest absolute Gasteiger partial charge is 0.273 e. The molecule has 0 spiro atoms. The Balaban J connectivity index is 2.24. The molecule has 0 unspecified atom stereocenters. The maximum Gasteiger partial charge on any atom is 0.273 e. The molecule has 1 amide bonds. The van der Waals surface area contributed by atoms with Gasteiger partial charge in [-0.3, -0.25) is 4.79 Å². The molecule has 110 valence electrons. The Labute approximate surface area is 124 Å². The molecule has 5 heteroatoms. The molecule has 0 saturated carbocycles. The minimum Gasteiger partial charge on any atom is -0.382 e. The van der Waals surface area contributed by atoms with E-state index in [4.69, 9.17) is 5.73 Å². The number of aromatic nitrogens is 2. The van der Waals surface area contributed by atoms with Crippen molar-refractivity contribution in [2.45, 2.75) is 26.7 Å². The average molecular weight is 284 g/mol. The molecule has 2 rings (SSSR count). The molecular weight excluding hydrogens is 264 g/mol. The van der Waals surface area contributed by atoms with Crippen LogP contribution in [0.2, 0.25) is 0 Å². The number of amides is 1. The minimum absolute atomic E-state index is 0.153. The summed E-state index contributed by atoms with van der Waals surface area (Å²) >= 11 is 0. The van der Waals surface area contributed by atoms with Crippen molar-refractivity contribution in [1.82, 2.24) is 15.3 Å². The SMILES string of the molecule is CCCCNC(=O)c1nc(-c2ccc(C)cc2)cnc1N. The highest BCUT2D eigenvalue weighted by atomic mass is 16.1. The molecule has 0 bridgehead atoms. The Morgan fingerprint density at radius 2 is 2.00 bits per heavy atom. The standard InChI is InChI=1S/C16H20N4O/c1-3-4-9-18-16(21)14-15(17)19-10-13(20-14)12-7-5-11(2)6-8-12/h5-8,10H,3-4,9H2,1-2H3,(H2,17,19)(H,18,21). The van der Waals surface area contributed by atoms with E-state index in [1.54, 1.807) is 6.20 Å². The monoisotopic (exact) mass is 284 g/mol. The lowest BCUT2D eigenvalue weighted by molar-refractivity contribution is 0.0949. The first-order valence-corrected chi connectivity index (χ1v) is 7.09. The van der Waals surface area contributed by atoms with E-state index in [1.807, 2.05) is 31.2 Å². The van der Waals surface area contributed by atoms with Crippen LogP contribution in [-0.4, -0.2) is 22.4 Å². The number of anilines is 1. The summed E-state index contributed by atoms with van der Waals surface area (Å²) in [6.07, 6.45) is 3.53. The Morgan fingerprint density at radius 1 is 1.29 bits per heavy atom. The van der Waals surface area contributed by atoms with E-state index >= 15 is 0 Å². The van der Waals surface area contributed by atoms with Gasteiger partial charge in [0.15, 0.2) is 11.5 Å². The van der Waals surface area contributed by atoms with Crippen LogP contribution in [0.4, 0.5) is 5.82 Å². The number of nitrogens with one attached hydrogen (secondary N) is 1. The highest BCUT2D eigenvalue weighted by Crippen LogP contribution is 2.18. The fourth-order valence-electron chi connectivity index (χ4n) is 1.89. The zero-order chi connectivity index (χ0) is 15.2. The van der Waals surface area contributed by atoms with E-state index in [0.717, 1.165) is 18.4 Å². The minimum atomic E-state index is -0.276. The van der Waals surface area contributed by atoms with Crippen molar-refractivity contribution in [2.75, 3.05) is 12.3 Å². The Hall–Kier alpha value is -2.43. The van der Waals surface area contributed by atoms with Crippen LogP contribution in [0.1, 0.15) is 35.8 Å². The van der Waals surface area contributed by atoms with Gasteiger partial charge in [0, 0.05) is 12.1 Å². The fourth-order valence-corrected chi connectivity index (χ4v) is 1.89. The number of carbonyl (C=O) groups excluding carboxylic acids is 1. The van der Waals surface area contributed by atoms with E-state index in [9.17, 15) is 4.79 Å². The van der Waals surface area contributed by atoms with Gasteiger partial charge in [-0.05, 0) is 13.3 Å². The topological polar surface area (TPSA) is 80.9 Å². The van der Waals surface area contributed by atoms with Crippen molar-refractivity contribution in [2.24, 2.45) is 0 Å². The predicted octanol–water partition coefficient (Wildman–Crippen LogP) is 2.56. The number of hydrogen-bond donors (Lipinski definition) is 2. The molecule has 1 heterocycles. The second-order valence-corrected chi connectivity index (χ2v) is 4.96. The molecule has 0 saturated heterocycles. The van der Waals surface area contributed by atoms with Crippen LogP contribution < -0.4 is 11.1 Å². The van der Waals surface area contributed by atoms with Crippen LogP contribution >= 0.6 is 0 Å². The Bertz CT molecular complexity index is 623. The largest absolute Gasteiger partial charge is 0.382 e. The van der Waals surface area contributed by atoms with Gasteiger partial charge in [0.05, 0.1) is 11.9 Å². The van der Waals surface area contributed by atoms with Gasteiger partial charge >= 0.3 is 0 Å². The lowest BCUT2D eigenvalue weighted by Gasteiger charge is -2.08. The summed E-state index contributed by atoms with van der Waals surface area (Å²) in [5, 5.41) is 2.81. The highest BCUT2D eigenvalue weighted by Gasteiger charge is 2.14. The number of aryl methyl sites for hydroxylation is 1. The molecule has 0 atom stereocenters. The third kappa shape index (κ3) is 3.78. The molecule has 5 nitrogen and oxygen atoms in total. The van der Waals surface area contributed by atoms with E-state index < -0.39 is 0 Å². The summed E-state index contributed by atoms with van der Waals surface area (Å²) in [6, 6.07) is 7.89. The van der Waals surface area contributed by atoms with Crippen molar-refractivity contribution < 1.29 is 4.79 Å². The van der Waals surface area contributed by atoms with Crippen LogP contribution in [0.3, 0.4) is 0 Å². The summed E-state index contributed by atoms with van der Waals surface area (Å²) in [6.45, 7) is 4.70. The highest BCUT2D eigenvalue weighted by molar-refractivity contribution is 5.96. The van der Waals surface area contributed by atoms with Crippen LogP contribution in [-0.2, 0) is 0 Å². The number of nitrogens with two attached hydrogens (primary N) is 1. The molecule has 0 fully saturated rings. The molecule has 0 radical (unpaired) electrons. The van der Waals surface area contributed by atoms with Crippen LogP contribution in [0.25, 0.3) is 11.3 Å². The number of unbranched alkanes of at least 4 members (excludes halogenated alkanes) is 1. The number of hydrogen-bond acceptors (Lipinski definition) is 4. The van der Waals surface area contributed by atoms with Gasteiger partial charge in [0.2, 0.25) is 0 Å². The zero-order valence-electron chi connectivity index (χ0n) is 12.4. The third-order valence-corrected chi connectivity index (χ3v) is 3.18. The Kier molecular flexibility index (Phi) is 4.87. The van der Waals surface area contributed by atoms with Gasteiger partial charge in [-0.15, -0.1) is 0 Å². The number of carbonyl (C=O) groups is 1. The van der Waals surface area contributed by atoms with Gasteiger partial charge in [-0.1, -0.05) is 43.2 Å². The van der Waals surface area contributed by atoms with Crippen LogP contribution in [0.15, 0.2) is 30.5 Å². The number of benzene rings is 1. The van der Waals surface area contributed by atoms with Crippen molar-refractivity contribution in [3.05, 3.63) is 41.7 Å². The quantitative estimate of drug-likeness (QED) is 0.827. The summed E-state index contributed by atoms with van der Waals surface area (Å²) in [5.74, 6) is -0.123. The summed E-state index contributed by atoms with van der Waals surface area (Å²) in [7, 11) is 0. The predicted molar refractivity (Wildman–Crippen MR) is 83.9 cm³/mol. The van der Waals surface area contributed by atoms with Crippen molar-refractivity contribution >= 4 is 11.7 Å². The summed E-state index contributed by atoms with van der Waals surface area (Å²) < 4.78 is 0. The first-order valence-electron chi connectivity index (χ1n) is 7.09. The number of rotatable bonds is 5. The van der Waals surface area contributed by atoms with Gasteiger partial charge in [0.1, 0.15) is 0 Å². The van der Waals surface area contributed by atoms with E-state index in [1.165, 1.54) is 5.56 Å². The second kappa shape index (κ2) is 6.83. The molecule has 3 N–H and O–H groups in total. The van der Waals surface area contributed by atoms with Gasteiger partial charge in [-0.2, -0.15) is 0 Å². The Morgan fingerprint density at radius 3 is 2.67 bits per heavy atom. The third-order valence-electron chi connectivity index (χ3n) is 3.18. The maximum absolute atomic E-state index is 12.1. The zero-order valence-corrected chi connectivity index (χ0v) is 12.4. The normalized spacial score (nSPS) is 10.4. The van der Waals surface area contributed by atoms with Crippen molar-refractivity contribution in [1.29, 1.82) is 0 Å². The number of nitrogens with zero attached hydrogens (tertiary/aromatic N) is 2. The van der Waals surface area contributed by atoms with Crippen molar-refractivity contribution in [3.63, 3.8) is 0 Å². The van der Waals surface area contributed by atoms with Gasteiger partial charge < -0.3 is 11.1 Å². The lowest BCUT2D eigenvalue weighted by atomic mass is 10.1. The first kappa shape index (κ1) is 15.0. The summed E-state index contributed by atoms with van der Waals surface area (Å²) in [5.41, 5.74) is 8.67. The fraction of sp³-hybridized carbons (Fsp3) is 0.312. The first-order chi connectivity index (χ1) is 10.1. The molecule has 0 aliphatic rings.